The van der Waals surface area contributed by atoms with Gasteiger partial charge in [0.1, 0.15) is 17.4 Å². The SMILES string of the molecule is Cc1ccc(C)c(OC2CCN(C(=O)c3cc4c([nH]c3=O)CC(C)(C)CC4=O)CC2)c1. The van der Waals surface area contributed by atoms with Crippen molar-refractivity contribution in [2.24, 2.45) is 5.41 Å². The van der Waals surface area contributed by atoms with Crippen molar-refractivity contribution >= 4 is 11.7 Å². The van der Waals surface area contributed by atoms with Crippen molar-refractivity contribution in [1.29, 1.82) is 0 Å². The second kappa shape index (κ2) is 7.98. The Kier molecular flexibility index (Phi) is 5.50. The van der Waals surface area contributed by atoms with Crippen molar-refractivity contribution in [3.63, 3.8) is 0 Å². The van der Waals surface area contributed by atoms with Crippen LogP contribution in [0.4, 0.5) is 0 Å². The second-order valence-electron chi connectivity index (χ2n) is 9.72. The molecule has 164 valence electrons. The lowest BCUT2D eigenvalue weighted by atomic mass is 9.75. The maximum absolute atomic E-state index is 13.1. The highest BCUT2D eigenvalue weighted by Crippen LogP contribution is 2.33. The van der Waals surface area contributed by atoms with Gasteiger partial charge in [-0.3, -0.25) is 14.4 Å². The van der Waals surface area contributed by atoms with Gasteiger partial charge in [0.05, 0.1) is 0 Å². The normalized spacial score (nSPS) is 18.6. The van der Waals surface area contributed by atoms with Crippen LogP contribution in [0.3, 0.4) is 0 Å². The molecule has 31 heavy (non-hydrogen) atoms. The Hall–Kier alpha value is -2.89. The molecule has 0 saturated carbocycles. The monoisotopic (exact) mass is 422 g/mol. The lowest BCUT2D eigenvalue weighted by Crippen LogP contribution is -2.43. The van der Waals surface area contributed by atoms with E-state index in [1.165, 1.54) is 6.07 Å². The van der Waals surface area contributed by atoms with Gasteiger partial charge in [-0.15, -0.1) is 0 Å². The summed E-state index contributed by atoms with van der Waals surface area (Å²) in [4.78, 5) is 42.8. The lowest BCUT2D eigenvalue weighted by molar-refractivity contribution is 0.0592. The molecule has 2 heterocycles. The van der Waals surface area contributed by atoms with Crippen molar-refractivity contribution in [3.8, 4) is 5.75 Å². The summed E-state index contributed by atoms with van der Waals surface area (Å²) in [7, 11) is 0. The molecular weight excluding hydrogens is 392 g/mol. The van der Waals surface area contributed by atoms with E-state index in [9.17, 15) is 14.4 Å². The van der Waals surface area contributed by atoms with Gasteiger partial charge in [0.2, 0.25) is 0 Å². The number of carbonyl (C=O) groups is 2. The fraction of sp³-hybridized carbons (Fsp3) is 0.480. The van der Waals surface area contributed by atoms with Crippen LogP contribution in [-0.2, 0) is 6.42 Å². The molecule has 1 saturated heterocycles. The van der Waals surface area contributed by atoms with Gasteiger partial charge >= 0.3 is 0 Å². The number of aryl methyl sites for hydroxylation is 2. The van der Waals surface area contributed by atoms with Crippen LogP contribution in [0.25, 0.3) is 0 Å². The average molecular weight is 423 g/mol. The zero-order valence-electron chi connectivity index (χ0n) is 18.7. The maximum Gasteiger partial charge on any atom is 0.261 e. The molecule has 0 atom stereocenters. The zero-order chi connectivity index (χ0) is 22.3. The van der Waals surface area contributed by atoms with E-state index in [2.05, 4.69) is 11.1 Å². The van der Waals surface area contributed by atoms with Crippen LogP contribution in [0, 0.1) is 19.3 Å². The highest BCUT2D eigenvalue weighted by Gasteiger charge is 2.34. The van der Waals surface area contributed by atoms with Crippen molar-refractivity contribution in [1.82, 2.24) is 9.88 Å². The fourth-order valence-electron chi connectivity index (χ4n) is 4.55. The highest BCUT2D eigenvalue weighted by atomic mass is 16.5. The van der Waals surface area contributed by atoms with Gasteiger partial charge in [0.15, 0.2) is 5.78 Å². The first-order valence-corrected chi connectivity index (χ1v) is 11.0. The predicted octanol–water partition coefficient (Wildman–Crippen LogP) is 3.83. The summed E-state index contributed by atoms with van der Waals surface area (Å²) < 4.78 is 6.18. The van der Waals surface area contributed by atoms with Crippen LogP contribution >= 0.6 is 0 Å². The van der Waals surface area contributed by atoms with Gasteiger partial charge in [0, 0.05) is 43.6 Å². The standard InChI is InChI=1S/C25H30N2O4/c1-15-5-6-16(2)22(11-15)31-17-7-9-27(10-8-17)24(30)19-12-18-20(26-23(19)29)13-25(3,4)14-21(18)28/h5-6,11-12,17H,7-10,13-14H2,1-4H3,(H,26,29). The molecule has 6 heteroatoms. The summed E-state index contributed by atoms with van der Waals surface area (Å²) in [6, 6.07) is 7.66. The van der Waals surface area contributed by atoms with Gasteiger partial charge in [-0.2, -0.15) is 0 Å². The molecule has 0 radical (unpaired) electrons. The van der Waals surface area contributed by atoms with E-state index in [0.717, 1.165) is 16.9 Å². The molecule has 1 aliphatic carbocycles. The molecular formula is C25H30N2O4. The topological polar surface area (TPSA) is 79.5 Å². The Morgan fingerprint density at radius 1 is 1.10 bits per heavy atom. The number of Topliss-reactive ketones (excluding diaryl/α,β-unsaturated/α-hetero) is 1. The number of amides is 1. The molecule has 0 unspecified atom stereocenters. The average Bonchev–Trinajstić information content (AvgIpc) is 2.69. The van der Waals surface area contributed by atoms with Crippen molar-refractivity contribution in [2.75, 3.05) is 13.1 Å². The van der Waals surface area contributed by atoms with Crippen molar-refractivity contribution in [3.05, 3.63) is 62.6 Å². The number of aromatic nitrogens is 1. The number of ketones is 1. The fourth-order valence-corrected chi connectivity index (χ4v) is 4.55. The number of benzene rings is 1. The minimum atomic E-state index is -0.414. The number of hydrogen-bond acceptors (Lipinski definition) is 4. The van der Waals surface area contributed by atoms with E-state index < -0.39 is 5.56 Å². The Bertz CT molecular complexity index is 1090. The number of aromatic amines is 1. The Labute approximate surface area is 182 Å². The molecule has 1 aliphatic heterocycles. The molecule has 0 spiro atoms. The number of piperidine rings is 1. The molecule has 4 rings (SSSR count). The molecule has 2 aromatic rings. The van der Waals surface area contributed by atoms with Crippen LogP contribution in [0.1, 0.15) is 70.6 Å². The number of hydrogen-bond donors (Lipinski definition) is 1. The first-order chi connectivity index (χ1) is 14.6. The Morgan fingerprint density at radius 3 is 2.52 bits per heavy atom. The van der Waals surface area contributed by atoms with Crippen LogP contribution in [0.15, 0.2) is 29.1 Å². The van der Waals surface area contributed by atoms with Gasteiger partial charge in [-0.1, -0.05) is 26.0 Å². The van der Waals surface area contributed by atoms with Gasteiger partial charge in [-0.05, 0) is 48.9 Å². The number of carbonyl (C=O) groups excluding carboxylic acids is 2. The molecule has 1 aromatic heterocycles. The number of nitrogens with zero attached hydrogens (tertiary/aromatic N) is 1. The molecule has 2 aliphatic rings. The van der Waals surface area contributed by atoms with Crippen LogP contribution < -0.4 is 10.3 Å². The second-order valence-corrected chi connectivity index (χ2v) is 9.72. The zero-order valence-corrected chi connectivity index (χ0v) is 18.7. The van der Waals surface area contributed by atoms with Crippen LogP contribution in [0.2, 0.25) is 0 Å². The number of ether oxygens (including phenoxy) is 1. The van der Waals surface area contributed by atoms with E-state index in [-0.39, 0.29) is 28.8 Å². The van der Waals surface area contributed by atoms with E-state index in [1.807, 2.05) is 39.8 Å². The smallest absolute Gasteiger partial charge is 0.261 e. The molecule has 1 aromatic carbocycles. The van der Waals surface area contributed by atoms with E-state index in [4.69, 9.17) is 4.74 Å². The maximum atomic E-state index is 13.1. The van der Waals surface area contributed by atoms with E-state index in [0.29, 0.717) is 50.0 Å². The summed E-state index contributed by atoms with van der Waals surface area (Å²) in [6.07, 6.45) is 2.49. The van der Waals surface area contributed by atoms with E-state index >= 15 is 0 Å². The number of fused-ring (bicyclic) bond motifs is 1. The van der Waals surface area contributed by atoms with Crippen molar-refractivity contribution < 1.29 is 14.3 Å². The molecule has 1 N–H and O–H groups in total. The third kappa shape index (κ3) is 4.43. The number of pyridine rings is 1. The summed E-state index contributed by atoms with van der Waals surface area (Å²) in [6.45, 7) is 9.12. The lowest BCUT2D eigenvalue weighted by Gasteiger charge is -2.33. The first-order valence-electron chi connectivity index (χ1n) is 11.0. The first kappa shape index (κ1) is 21.3. The van der Waals surface area contributed by atoms with Crippen LogP contribution in [0.5, 0.6) is 5.75 Å². The minimum Gasteiger partial charge on any atom is -0.490 e. The third-order valence-corrected chi connectivity index (χ3v) is 6.31. The number of rotatable bonds is 3. The number of nitrogens with one attached hydrogen (secondary N) is 1. The largest absolute Gasteiger partial charge is 0.490 e. The van der Waals surface area contributed by atoms with Gasteiger partial charge in [0.25, 0.3) is 11.5 Å². The molecule has 1 amide bonds. The van der Waals surface area contributed by atoms with Crippen molar-refractivity contribution in [2.45, 2.75) is 59.5 Å². The number of likely N-dealkylation sites (tertiary alicyclic amines) is 1. The quantitative estimate of drug-likeness (QED) is 0.815. The highest BCUT2D eigenvalue weighted by molar-refractivity contribution is 6.02. The van der Waals surface area contributed by atoms with Crippen LogP contribution in [-0.4, -0.2) is 40.8 Å². The summed E-state index contributed by atoms with van der Waals surface area (Å²) in [5, 5.41) is 0. The predicted molar refractivity (Wildman–Crippen MR) is 119 cm³/mol. The minimum absolute atomic E-state index is 0.0165. The summed E-state index contributed by atoms with van der Waals surface area (Å²) in [5.41, 5.74) is 2.83. The summed E-state index contributed by atoms with van der Waals surface area (Å²) in [5.74, 6) is 0.557. The van der Waals surface area contributed by atoms with Gasteiger partial charge < -0.3 is 14.6 Å². The number of H-pyrrole nitrogens is 1. The molecule has 1 fully saturated rings. The molecule has 6 nitrogen and oxygen atoms in total. The Morgan fingerprint density at radius 2 is 1.81 bits per heavy atom. The van der Waals surface area contributed by atoms with Gasteiger partial charge in [-0.25, -0.2) is 0 Å². The van der Waals surface area contributed by atoms with E-state index in [1.54, 1.807) is 4.90 Å². The third-order valence-electron chi connectivity index (χ3n) is 6.31. The Balaban J connectivity index is 1.46. The molecule has 0 bridgehead atoms. The summed E-state index contributed by atoms with van der Waals surface area (Å²) >= 11 is 0.